The molecule has 78 heavy (non-hydrogen) atoms. The Kier molecular flexibility index (Phi) is 17.9. The van der Waals surface area contributed by atoms with Gasteiger partial charge in [0.2, 0.25) is 0 Å². The molecule has 5 heterocycles. The Balaban J connectivity index is 0.833. The summed E-state index contributed by atoms with van der Waals surface area (Å²) < 4.78 is 80.8. The van der Waals surface area contributed by atoms with Crippen molar-refractivity contribution in [2.45, 2.75) is 259 Å². The second-order valence-electron chi connectivity index (χ2n) is 24.2. The average molecular weight is 1120 g/mol. The summed E-state index contributed by atoms with van der Waals surface area (Å²) in [6.45, 7) is 12.9. The van der Waals surface area contributed by atoms with Crippen LogP contribution in [0.2, 0.25) is 0 Å². The van der Waals surface area contributed by atoms with Gasteiger partial charge in [-0.1, -0.05) is 27.7 Å². The highest BCUT2D eigenvalue weighted by atomic mass is 16.8. The van der Waals surface area contributed by atoms with Gasteiger partial charge in [0.05, 0.1) is 43.5 Å². The van der Waals surface area contributed by atoms with Gasteiger partial charge < -0.3 is 102 Å². The third kappa shape index (κ3) is 10.0. The van der Waals surface area contributed by atoms with E-state index in [2.05, 4.69) is 6.92 Å². The van der Waals surface area contributed by atoms with Crippen LogP contribution in [0.15, 0.2) is 0 Å². The SMILES string of the molecule is CCC(C)C(=O)OC1C2C3(C)CCC(OC4CC(OC)C(OC5OC(C)C(OC6OC(CO)C(OC7OC(CO)C(O)C(O)C7O)C(O)C6O)C(OC)C5O)C(C)O4)CC3CCC23OC32CCC(C(C)=O)C2(C)C1OC(C)=O. The molecule has 30 unspecified atom stereocenters. The average Bonchev–Trinajstić information content (AvgIpc) is 2.81. The Bertz CT molecular complexity index is 2120. The maximum absolute atomic E-state index is 13.9. The number of carbonyl (C=O) groups is 3. The number of esters is 2. The van der Waals surface area contributed by atoms with E-state index in [1.54, 1.807) is 21.0 Å². The zero-order valence-corrected chi connectivity index (χ0v) is 46.4. The summed E-state index contributed by atoms with van der Waals surface area (Å²) in [7, 11) is 2.88. The minimum atomic E-state index is -1.85. The van der Waals surface area contributed by atoms with Crippen LogP contribution in [0, 0.1) is 34.5 Å². The second kappa shape index (κ2) is 23.1. The first-order chi connectivity index (χ1) is 36.9. The van der Waals surface area contributed by atoms with Gasteiger partial charge in [-0.3, -0.25) is 14.4 Å². The van der Waals surface area contributed by atoms with Gasteiger partial charge in [-0.25, -0.2) is 0 Å². The molecule has 4 saturated carbocycles. The van der Waals surface area contributed by atoms with Crippen molar-refractivity contribution in [2.75, 3.05) is 27.4 Å². The van der Waals surface area contributed by atoms with Crippen molar-refractivity contribution in [3.8, 4) is 0 Å². The van der Waals surface area contributed by atoms with E-state index < -0.39 is 182 Å². The van der Waals surface area contributed by atoms with E-state index in [9.17, 15) is 55.2 Å². The van der Waals surface area contributed by atoms with Crippen molar-refractivity contribution in [2.24, 2.45) is 34.5 Å². The molecule has 5 saturated heterocycles. The Hall–Kier alpha value is -2.15. The molecule has 24 heteroatoms. The van der Waals surface area contributed by atoms with E-state index in [0.29, 0.717) is 44.9 Å². The predicted octanol–water partition coefficient (Wildman–Crippen LogP) is -0.331. The number of hydrogen-bond acceptors (Lipinski definition) is 24. The first kappa shape index (κ1) is 60.4. The van der Waals surface area contributed by atoms with Crippen LogP contribution < -0.4 is 0 Å². The van der Waals surface area contributed by atoms with Crippen LogP contribution in [-0.2, 0) is 76.0 Å². The highest BCUT2D eigenvalue weighted by Crippen LogP contribution is 2.81. The standard InChI is InChI=1S/C54H86O24/c1-11-22(2)47(65)74-44-45-51(7)15-13-28(18-27(51)12-16-53(45)54(78-53)17-14-29(23(3)57)52(54,8)46(44)70-26(6)58)71-33-19-30(66-9)40(24(4)68-33)75-50-39(64)43(67-10)41(25(5)69-50)76-49-38(63)36(61)42(32(21-56)73-49)77-48-37(62)35(60)34(59)31(20-55)72-48/h22,24-25,27-46,48-50,55-56,59-64H,11-21H2,1-10H3. The molecule has 0 aromatic heterocycles. The van der Waals surface area contributed by atoms with Gasteiger partial charge in [-0.2, -0.15) is 0 Å². The summed E-state index contributed by atoms with van der Waals surface area (Å²) in [6.07, 6.45) is -21.7. The van der Waals surface area contributed by atoms with Crippen LogP contribution >= 0.6 is 0 Å². The number of epoxide rings is 1. The fourth-order valence-electron chi connectivity index (χ4n) is 15.7. The number of rotatable bonds is 17. The Morgan fingerprint density at radius 3 is 1.90 bits per heavy atom. The number of methoxy groups -OCH3 is 2. The molecule has 30 atom stereocenters. The number of ether oxygens (including phenoxy) is 13. The number of aliphatic hydroxyl groups is 8. The molecule has 24 nitrogen and oxygen atoms in total. The van der Waals surface area contributed by atoms with Gasteiger partial charge in [0.1, 0.15) is 102 Å². The molecule has 446 valence electrons. The number of Topliss-reactive ketones (excluding diaryl/α,β-unsaturated/α-hetero) is 1. The maximum Gasteiger partial charge on any atom is 0.309 e. The van der Waals surface area contributed by atoms with Gasteiger partial charge in [0.15, 0.2) is 25.2 Å². The number of fused-ring (bicyclic) bond motifs is 2. The molecule has 5 aliphatic heterocycles. The zero-order valence-electron chi connectivity index (χ0n) is 46.4. The number of aliphatic hydroxyl groups excluding tert-OH is 8. The van der Waals surface area contributed by atoms with E-state index >= 15 is 0 Å². The van der Waals surface area contributed by atoms with Gasteiger partial charge in [-0.15, -0.1) is 0 Å². The van der Waals surface area contributed by atoms with E-state index in [4.69, 9.17) is 61.6 Å². The fraction of sp³-hybridized carbons (Fsp3) is 0.944. The van der Waals surface area contributed by atoms with Crippen molar-refractivity contribution in [3.63, 3.8) is 0 Å². The molecule has 0 radical (unpaired) electrons. The van der Waals surface area contributed by atoms with Gasteiger partial charge >= 0.3 is 11.9 Å². The van der Waals surface area contributed by atoms with Crippen LogP contribution in [-0.4, -0.2) is 232 Å². The summed E-state index contributed by atoms with van der Waals surface area (Å²) in [5.74, 6) is -1.91. The van der Waals surface area contributed by atoms with E-state index in [1.165, 1.54) is 14.0 Å². The topological polar surface area (TPSA) is 336 Å². The van der Waals surface area contributed by atoms with Crippen LogP contribution in [0.5, 0.6) is 0 Å². The molecular formula is C54H86O24. The lowest BCUT2D eigenvalue weighted by Gasteiger charge is -2.61. The molecule has 4 aliphatic carbocycles. The van der Waals surface area contributed by atoms with E-state index in [1.807, 2.05) is 27.7 Å². The molecule has 9 aliphatic rings. The summed E-state index contributed by atoms with van der Waals surface area (Å²) in [4.78, 5) is 40.3. The van der Waals surface area contributed by atoms with Crippen molar-refractivity contribution in [3.05, 3.63) is 0 Å². The van der Waals surface area contributed by atoms with Gasteiger partial charge in [-0.05, 0) is 83.5 Å². The molecular weight excluding hydrogens is 1030 g/mol. The molecule has 2 spiro atoms. The highest BCUT2D eigenvalue weighted by Gasteiger charge is 2.91. The predicted molar refractivity (Wildman–Crippen MR) is 263 cm³/mol. The lowest BCUT2D eigenvalue weighted by atomic mass is 9.43. The van der Waals surface area contributed by atoms with Crippen molar-refractivity contribution in [1.29, 1.82) is 0 Å². The monoisotopic (exact) mass is 1120 g/mol. The molecule has 0 amide bonds. The summed E-state index contributed by atoms with van der Waals surface area (Å²) >= 11 is 0. The van der Waals surface area contributed by atoms with Crippen molar-refractivity contribution >= 4 is 17.7 Å². The lowest BCUT2D eigenvalue weighted by molar-refractivity contribution is -0.384. The Labute approximate surface area is 454 Å². The minimum absolute atomic E-state index is 0.00180. The Morgan fingerprint density at radius 1 is 0.641 bits per heavy atom. The van der Waals surface area contributed by atoms with Crippen LogP contribution in [0.4, 0.5) is 0 Å². The Morgan fingerprint density at radius 2 is 1.27 bits per heavy atom. The third-order valence-electron chi connectivity index (χ3n) is 20.0. The molecule has 9 fully saturated rings. The molecule has 0 aromatic rings. The number of hydrogen-bond donors (Lipinski definition) is 8. The largest absolute Gasteiger partial charge is 0.458 e. The van der Waals surface area contributed by atoms with E-state index in [0.717, 1.165) is 6.42 Å². The smallest absolute Gasteiger partial charge is 0.309 e. The number of carbonyl (C=O) groups excluding carboxylic acids is 3. The maximum atomic E-state index is 13.9. The quantitative estimate of drug-likeness (QED) is 0.0525. The third-order valence-corrected chi connectivity index (χ3v) is 20.0. The fourth-order valence-corrected chi connectivity index (χ4v) is 15.7. The molecule has 0 aromatic carbocycles. The van der Waals surface area contributed by atoms with Crippen LogP contribution in [0.1, 0.15) is 113 Å². The van der Waals surface area contributed by atoms with Crippen molar-refractivity contribution < 1.29 is 117 Å². The first-order valence-electron chi connectivity index (χ1n) is 28.1. The summed E-state index contributed by atoms with van der Waals surface area (Å²) in [6, 6.07) is 0. The molecule has 0 bridgehead atoms. The van der Waals surface area contributed by atoms with Crippen molar-refractivity contribution in [1.82, 2.24) is 0 Å². The minimum Gasteiger partial charge on any atom is -0.458 e. The summed E-state index contributed by atoms with van der Waals surface area (Å²) in [5.41, 5.74) is -2.70. The summed E-state index contributed by atoms with van der Waals surface area (Å²) in [5, 5.41) is 85.1. The highest BCUT2D eigenvalue weighted by molar-refractivity contribution is 5.81. The lowest BCUT2D eigenvalue weighted by Crippen LogP contribution is -2.70. The zero-order chi connectivity index (χ0) is 56.7. The molecule has 9 rings (SSSR count). The van der Waals surface area contributed by atoms with E-state index in [-0.39, 0.29) is 36.1 Å². The van der Waals surface area contributed by atoms with Crippen LogP contribution in [0.3, 0.4) is 0 Å². The van der Waals surface area contributed by atoms with Gasteiger partial charge in [0.25, 0.3) is 0 Å². The molecule has 8 N–H and O–H groups in total. The van der Waals surface area contributed by atoms with Gasteiger partial charge in [0, 0.05) is 44.8 Å². The van der Waals surface area contributed by atoms with Crippen LogP contribution in [0.25, 0.3) is 0 Å². The number of ketones is 1. The second-order valence-corrected chi connectivity index (χ2v) is 24.2. The normalized spacial score (nSPS) is 52.2. The first-order valence-corrected chi connectivity index (χ1v) is 28.1.